The van der Waals surface area contributed by atoms with Gasteiger partial charge in [-0.2, -0.15) is 0 Å². The largest absolute Gasteiger partial charge is 0.462 e. The number of amides is 1. The highest BCUT2D eigenvalue weighted by Gasteiger charge is 2.22. The fourth-order valence-corrected chi connectivity index (χ4v) is 4.87. The zero-order valence-corrected chi connectivity index (χ0v) is 21.1. The van der Waals surface area contributed by atoms with Crippen LogP contribution in [-0.4, -0.2) is 31.6 Å². The summed E-state index contributed by atoms with van der Waals surface area (Å²) in [7, 11) is 0. The zero-order valence-electron chi connectivity index (χ0n) is 21.1. The third-order valence-corrected chi connectivity index (χ3v) is 6.74. The first-order valence-electron chi connectivity index (χ1n) is 13.1. The Morgan fingerprint density at radius 1 is 0.861 bits per heavy atom. The van der Waals surface area contributed by atoms with Crippen LogP contribution in [0.1, 0.15) is 65.7 Å². The van der Waals surface area contributed by atoms with E-state index >= 15 is 0 Å². The molecule has 5 heteroatoms. The molecule has 0 aliphatic carbocycles. The highest BCUT2D eigenvalue weighted by atomic mass is 16.5. The van der Waals surface area contributed by atoms with Gasteiger partial charge in [0.25, 0.3) is 0 Å². The number of nitrogens with zero attached hydrogens (tertiary/aromatic N) is 1. The van der Waals surface area contributed by atoms with E-state index in [0.717, 1.165) is 31.5 Å². The van der Waals surface area contributed by atoms with E-state index in [1.807, 2.05) is 18.2 Å². The normalized spacial score (nSPS) is 14.2. The Morgan fingerprint density at radius 2 is 1.56 bits per heavy atom. The average molecular weight is 485 g/mol. The SMILES string of the molecule is CCOC(=O)c1ccc(CC(=O)NC(CCc2ccccc2)c2ccccc2N2CCCCC2)cc1. The zero-order chi connectivity index (χ0) is 25.2. The monoisotopic (exact) mass is 484 g/mol. The second-order valence-corrected chi connectivity index (χ2v) is 9.35. The second kappa shape index (κ2) is 12.9. The molecule has 188 valence electrons. The lowest BCUT2D eigenvalue weighted by Crippen LogP contribution is -2.34. The van der Waals surface area contributed by atoms with Crippen molar-refractivity contribution in [1.29, 1.82) is 0 Å². The van der Waals surface area contributed by atoms with Gasteiger partial charge in [0.15, 0.2) is 0 Å². The van der Waals surface area contributed by atoms with Gasteiger partial charge in [-0.1, -0.05) is 60.7 Å². The molecule has 0 radical (unpaired) electrons. The summed E-state index contributed by atoms with van der Waals surface area (Å²) in [4.78, 5) is 27.6. The summed E-state index contributed by atoms with van der Waals surface area (Å²) < 4.78 is 5.05. The van der Waals surface area contributed by atoms with E-state index < -0.39 is 0 Å². The molecular weight excluding hydrogens is 448 g/mol. The molecule has 0 aromatic heterocycles. The quantitative estimate of drug-likeness (QED) is 0.365. The van der Waals surface area contributed by atoms with Crippen molar-refractivity contribution in [2.45, 2.75) is 51.5 Å². The maximum Gasteiger partial charge on any atom is 0.338 e. The summed E-state index contributed by atoms with van der Waals surface area (Å²) in [6, 6.07) is 25.9. The van der Waals surface area contributed by atoms with E-state index in [1.54, 1.807) is 19.1 Å². The van der Waals surface area contributed by atoms with Gasteiger partial charge in [-0.05, 0) is 73.9 Å². The summed E-state index contributed by atoms with van der Waals surface area (Å²) >= 11 is 0. The molecule has 1 unspecified atom stereocenters. The molecule has 3 aromatic carbocycles. The molecule has 1 aliphatic heterocycles. The Labute approximate surface area is 214 Å². The van der Waals surface area contributed by atoms with Crippen LogP contribution in [0, 0.1) is 0 Å². The van der Waals surface area contributed by atoms with Gasteiger partial charge in [-0.15, -0.1) is 0 Å². The predicted octanol–water partition coefficient (Wildman–Crippen LogP) is 5.89. The molecule has 36 heavy (non-hydrogen) atoms. The molecule has 0 spiro atoms. The number of hydrogen-bond acceptors (Lipinski definition) is 4. The van der Waals surface area contributed by atoms with Crippen molar-refractivity contribution in [2.24, 2.45) is 0 Å². The lowest BCUT2D eigenvalue weighted by Gasteiger charge is -2.33. The standard InChI is InChI=1S/C31H36N2O3/c1-2-36-31(35)26-18-15-25(16-19-26)23-30(34)32-28(20-17-24-11-5-3-6-12-24)27-13-7-8-14-29(27)33-21-9-4-10-22-33/h3,5-8,11-16,18-19,28H,2,4,9-10,17,20-23H2,1H3,(H,32,34). The van der Waals surface area contributed by atoms with Gasteiger partial charge in [-0.25, -0.2) is 4.79 Å². The number of hydrogen-bond donors (Lipinski definition) is 1. The van der Waals surface area contributed by atoms with E-state index in [0.29, 0.717) is 12.2 Å². The van der Waals surface area contributed by atoms with Crippen molar-refractivity contribution in [3.05, 3.63) is 101 Å². The summed E-state index contributed by atoms with van der Waals surface area (Å²) in [5.74, 6) is -0.366. The molecular formula is C31H36N2O3. The Kier molecular flexibility index (Phi) is 9.15. The molecule has 1 atom stereocenters. The van der Waals surface area contributed by atoms with E-state index in [1.165, 1.54) is 36.1 Å². The first kappa shape index (κ1) is 25.5. The molecule has 4 rings (SSSR count). The van der Waals surface area contributed by atoms with Crippen LogP contribution in [0.15, 0.2) is 78.9 Å². The number of carbonyl (C=O) groups is 2. The van der Waals surface area contributed by atoms with Gasteiger partial charge >= 0.3 is 5.97 Å². The number of benzene rings is 3. The van der Waals surface area contributed by atoms with Crippen LogP contribution in [0.2, 0.25) is 0 Å². The number of piperidine rings is 1. The summed E-state index contributed by atoms with van der Waals surface area (Å²) in [6.45, 7) is 4.24. The molecule has 1 aliphatic rings. The van der Waals surface area contributed by atoms with Crippen molar-refractivity contribution in [2.75, 3.05) is 24.6 Å². The first-order chi connectivity index (χ1) is 17.6. The van der Waals surface area contributed by atoms with E-state index in [2.05, 4.69) is 58.7 Å². The number of ether oxygens (including phenoxy) is 1. The molecule has 5 nitrogen and oxygen atoms in total. The highest BCUT2D eigenvalue weighted by Crippen LogP contribution is 2.31. The Bertz CT molecular complexity index is 1120. The number of rotatable bonds is 10. The number of esters is 1. The number of para-hydroxylation sites is 1. The Balaban J connectivity index is 1.50. The average Bonchev–Trinajstić information content (AvgIpc) is 2.92. The Hall–Kier alpha value is -3.60. The lowest BCUT2D eigenvalue weighted by molar-refractivity contribution is -0.121. The van der Waals surface area contributed by atoms with Crippen molar-refractivity contribution in [1.82, 2.24) is 5.32 Å². The van der Waals surface area contributed by atoms with Crippen LogP contribution < -0.4 is 10.2 Å². The van der Waals surface area contributed by atoms with Gasteiger partial charge < -0.3 is 15.0 Å². The van der Waals surface area contributed by atoms with Crippen LogP contribution in [0.3, 0.4) is 0 Å². The molecule has 0 bridgehead atoms. The topological polar surface area (TPSA) is 58.6 Å². The molecule has 1 N–H and O–H groups in total. The van der Waals surface area contributed by atoms with Gasteiger partial charge in [0, 0.05) is 18.8 Å². The predicted molar refractivity (Wildman–Crippen MR) is 144 cm³/mol. The fraction of sp³-hybridized carbons (Fsp3) is 0.355. The third kappa shape index (κ3) is 6.97. The van der Waals surface area contributed by atoms with Crippen LogP contribution in [0.25, 0.3) is 0 Å². The molecule has 1 heterocycles. The number of aryl methyl sites for hydroxylation is 1. The van der Waals surface area contributed by atoms with Gasteiger partial charge in [-0.3, -0.25) is 4.79 Å². The van der Waals surface area contributed by atoms with E-state index in [-0.39, 0.29) is 24.3 Å². The van der Waals surface area contributed by atoms with Crippen molar-refractivity contribution >= 4 is 17.6 Å². The minimum absolute atomic E-state index is 0.0228. The van der Waals surface area contributed by atoms with E-state index in [9.17, 15) is 9.59 Å². The van der Waals surface area contributed by atoms with Crippen LogP contribution in [0.5, 0.6) is 0 Å². The number of anilines is 1. The lowest BCUT2D eigenvalue weighted by atomic mass is 9.95. The minimum Gasteiger partial charge on any atom is -0.462 e. The van der Waals surface area contributed by atoms with Crippen LogP contribution in [0.4, 0.5) is 5.69 Å². The third-order valence-electron chi connectivity index (χ3n) is 6.74. The minimum atomic E-state index is -0.344. The first-order valence-corrected chi connectivity index (χ1v) is 13.1. The molecule has 1 saturated heterocycles. The number of carbonyl (C=O) groups excluding carboxylic acids is 2. The highest BCUT2D eigenvalue weighted by molar-refractivity contribution is 5.89. The van der Waals surface area contributed by atoms with Gasteiger partial charge in [0.05, 0.1) is 24.6 Å². The maximum atomic E-state index is 13.2. The van der Waals surface area contributed by atoms with Gasteiger partial charge in [0.2, 0.25) is 5.91 Å². The van der Waals surface area contributed by atoms with Crippen LogP contribution >= 0.6 is 0 Å². The Morgan fingerprint density at radius 3 is 2.28 bits per heavy atom. The van der Waals surface area contributed by atoms with Crippen molar-refractivity contribution in [3.63, 3.8) is 0 Å². The van der Waals surface area contributed by atoms with E-state index in [4.69, 9.17) is 4.74 Å². The summed E-state index contributed by atoms with van der Waals surface area (Å²) in [5, 5.41) is 3.33. The smallest absolute Gasteiger partial charge is 0.338 e. The van der Waals surface area contributed by atoms with Crippen molar-refractivity contribution < 1.29 is 14.3 Å². The summed E-state index contributed by atoms with van der Waals surface area (Å²) in [5.41, 5.74) is 5.04. The molecule has 0 saturated carbocycles. The summed E-state index contributed by atoms with van der Waals surface area (Å²) in [6.07, 6.45) is 5.66. The number of nitrogens with one attached hydrogen (secondary N) is 1. The van der Waals surface area contributed by atoms with Gasteiger partial charge in [0.1, 0.15) is 0 Å². The van der Waals surface area contributed by atoms with Crippen LogP contribution in [-0.2, 0) is 22.4 Å². The second-order valence-electron chi connectivity index (χ2n) is 9.35. The molecule has 3 aromatic rings. The molecule has 1 fully saturated rings. The van der Waals surface area contributed by atoms with Crippen molar-refractivity contribution in [3.8, 4) is 0 Å². The fourth-order valence-electron chi connectivity index (χ4n) is 4.87. The maximum absolute atomic E-state index is 13.2. The molecule has 1 amide bonds.